The number of carbonyl (C=O) groups excluding carboxylic acids is 1. The maximum absolute atomic E-state index is 12.7. The Morgan fingerprint density at radius 1 is 1.31 bits per heavy atom. The lowest BCUT2D eigenvalue weighted by molar-refractivity contribution is 0.0808. The first-order valence-corrected chi connectivity index (χ1v) is 10.3. The molecule has 2 heterocycles. The average Bonchev–Trinajstić information content (AvgIpc) is 3.08. The Morgan fingerprint density at radius 3 is 2.66 bits per heavy atom. The van der Waals surface area contributed by atoms with Gasteiger partial charge in [-0.15, -0.1) is 10.2 Å². The third kappa shape index (κ3) is 6.03. The zero-order valence-electron chi connectivity index (χ0n) is 18.2. The van der Waals surface area contributed by atoms with Gasteiger partial charge in [-0.1, -0.05) is 26.8 Å². The minimum Gasteiger partial charge on any atom is -0.490 e. The van der Waals surface area contributed by atoms with Crippen LogP contribution in [0, 0.1) is 5.41 Å². The van der Waals surface area contributed by atoms with E-state index in [0.29, 0.717) is 16.8 Å². The van der Waals surface area contributed by atoms with E-state index in [4.69, 9.17) is 4.74 Å². The molecule has 1 saturated heterocycles. The highest BCUT2D eigenvalue weighted by molar-refractivity contribution is 5.94. The van der Waals surface area contributed by atoms with Crippen molar-refractivity contribution in [3.8, 4) is 5.75 Å². The van der Waals surface area contributed by atoms with Gasteiger partial charge in [0.2, 0.25) is 0 Å². The summed E-state index contributed by atoms with van der Waals surface area (Å²) in [5.41, 5.74) is 0.902. The van der Waals surface area contributed by atoms with Crippen molar-refractivity contribution in [2.75, 3.05) is 19.6 Å². The van der Waals surface area contributed by atoms with Crippen LogP contribution in [0.3, 0.4) is 0 Å². The summed E-state index contributed by atoms with van der Waals surface area (Å²) in [6.45, 7) is 11.9. The van der Waals surface area contributed by atoms with E-state index in [1.54, 1.807) is 17.0 Å². The molecule has 0 radical (unpaired) electrons. The summed E-state index contributed by atoms with van der Waals surface area (Å²) in [6, 6.07) is 7.18. The van der Waals surface area contributed by atoms with Gasteiger partial charge in [0.1, 0.15) is 18.2 Å². The van der Waals surface area contributed by atoms with Gasteiger partial charge in [-0.05, 0) is 43.4 Å². The molecule has 1 fully saturated rings. The molecule has 0 spiro atoms. The van der Waals surface area contributed by atoms with Gasteiger partial charge in [0, 0.05) is 32.2 Å². The summed E-state index contributed by atoms with van der Waals surface area (Å²) in [5, 5.41) is 10.9. The van der Waals surface area contributed by atoms with Gasteiger partial charge in [-0.3, -0.25) is 4.79 Å². The van der Waals surface area contributed by atoms with E-state index in [2.05, 4.69) is 41.2 Å². The number of nitrogens with zero attached hydrogens (tertiary/aromatic N) is 4. The summed E-state index contributed by atoms with van der Waals surface area (Å²) >= 11 is 0. The molecule has 1 atom stereocenters. The Hall–Kier alpha value is -2.41. The summed E-state index contributed by atoms with van der Waals surface area (Å²) < 4.78 is 7.99. The van der Waals surface area contributed by atoms with Crippen LogP contribution in [0.1, 0.15) is 62.8 Å². The van der Waals surface area contributed by atoms with Crippen molar-refractivity contribution in [1.82, 2.24) is 25.0 Å². The van der Waals surface area contributed by atoms with E-state index < -0.39 is 0 Å². The fraction of sp³-hybridized carbons (Fsp3) is 0.591. The topological polar surface area (TPSA) is 72.3 Å². The second-order valence-corrected chi connectivity index (χ2v) is 9.18. The number of benzene rings is 1. The Morgan fingerprint density at radius 2 is 2.03 bits per heavy atom. The number of nitrogens with one attached hydrogen (secondary N) is 1. The van der Waals surface area contributed by atoms with Gasteiger partial charge >= 0.3 is 0 Å². The predicted molar refractivity (Wildman–Crippen MR) is 113 cm³/mol. The van der Waals surface area contributed by atoms with E-state index in [-0.39, 0.29) is 18.1 Å². The zero-order chi connectivity index (χ0) is 21.0. The summed E-state index contributed by atoms with van der Waals surface area (Å²) in [6.07, 6.45) is 3.84. The number of hydrogen-bond donors (Lipinski definition) is 1. The average molecular weight is 400 g/mol. The van der Waals surface area contributed by atoms with Crippen LogP contribution < -0.4 is 10.1 Å². The number of ether oxygens (including phenoxy) is 1. The van der Waals surface area contributed by atoms with Crippen LogP contribution in [0.2, 0.25) is 0 Å². The standard InChI is InChI=1S/C22H33N5O2/c1-16(20-25-23-15-26(20)5)24-21(28)17-7-6-8-19(13-17)29-18-9-11-27(12-10-18)14-22(2,3)4/h6-8,13,15-16,18H,9-12,14H2,1-5H3,(H,24,28)/t16-/m0/s1. The molecule has 29 heavy (non-hydrogen) atoms. The van der Waals surface area contributed by atoms with Crippen LogP contribution in [0.15, 0.2) is 30.6 Å². The fourth-order valence-electron chi connectivity index (χ4n) is 3.79. The molecule has 0 aliphatic carbocycles. The summed E-state index contributed by atoms with van der Waals surface area (Å²) in [4.78, 5) is 15.2. The van der Waals surface area contributed by atoms with Gasteiger partial charge in [0.15, 0.2) is 5.82 Å². The van der Waals surface area contributed by atoms with Crippen LogP contribution >= 0.6 is 0 Å². The van der Waals surface area contributed by atoms with Gasteiger partial charge in [0.05, 0.1) is 6.04 Å². The normalized spacial score (nSPS) is 17.1. The van der Waals surface area contributed by atoms with Gasteiger partial charge in [0.25, 0.3) is 5.91 Å². The number of hydrogen-bond acceptors (Lipinski definition) is 5. The maximum atomic E-state index is 12.7. The van der Waals surface area contributed by atoms with Crippen LogP contribution in [-0.4, -0.2) is 51.3 Å². The first kappa shape index (κ1) is 21.3. The molecule has 1 aromatic heterocycles. The highest BCUT2D eigenvalue weighted by atomic mass is 16.5. The Bertz CT molecular complexity index is 819. The molecular formula is C22H33N5O2. The smallest absolute Gasteiger partial charge is 0.251 e. The maximum Gasteiger partial charge on any atom is 0.251 e. The van der Waals surface area contributed by atoms with E-state index in [1.165, 1.54) is 0 Å². The third-order valence-electron chi connectivity index (χ3n) is 5.11. The van der Waals surface area contributed by atoms with E-state index in [0.717, 1.165) is 38.2 Å². The lowest BCUT2D eigenvalue weighted by atomic mass is 9.94. The van der Waals surface area contributed by atoms with Gasteiger partial charge < -0.3 is 19.5 Å². The number of aryl methyl sites for hydroxylation is 1. The Balaban J connectivity index is 1.54. The summed E-state index contributed by atoms with van der Waals surface area (Å²) in [7, 11) is 1.86. The third-order valence-corrected chi connectivity index (χ3v) is 5.11. The van der Waals surface area contributed by atoms with E-state index >= 15 is 0 Å². The quantitative estimate of drug-likeness (QED) is 0.808. The molecule has 1 aromatic carbocycles. The first-order valence-electron chi connectivity index (χ1n) is 10.3. The first-order chi connectivity index (χ1) is 13.7. The Kier molecular flexibility index (Phi) is 6.57. The Labute approximate surface area is 173 Å². The van der Waals surface area contributed by atoms with Gasteiger partial charge in [-0.25, -0.2) is 0 Å². The van der Waals surface area contributed by atoms with Crippen LogP contribution in [0.5, 0.6) is 5.75 Å². The van der Waals surface area contributed by atoms with Crippen molar-refractivity contribution in [1.29, 1.82) is 0 Å². The van der Waals surface area contributed by atoms with E-state index in [9.17, 15) is 4.79 Å². The molecule has 0 bridgehead atoms. The number of aromatic nitrogens is 3. The molecule has 7 heteroatoms. The SMILES string of the molecule is C[C@H](NC(=O)c1cccc(OC2CCN(CC(C)(C)C)CC2)c1)c1nncn1C. The van der Waals surface area contributed by atoms with Crippen LogP contribution in [0.25, 0.3) is 0 Å². The largest absolute Gasteiger partial charge is 0.490 e. The molecule has 7 nitrogen and oxygen atoms in total. The minimum atomic E-state index is -0.230. The zero-order valence-corrected chi connectivity index (χ0v) is 18.2. The van der Waals surface area contributed by atoms with Gasteiger partial charge in [-0.2, -0.15) is 0 Å². The molecule has 158 valence electrons. The molecular weight excluding hydrogens is 366 g/mol. The van der Waals surface area contributed by atoms with Crippen LogP contribution in [0.4, 0.5) is 0 Å². The number of rotatable bonds is 6. The molecule has 2 aromatic rings. The lowest BCUT2D eigenvalue weighted by Gasteiger charge is -2.36. The van der Waals surface area contributed by atoms with Crippen molar-refractivity contribution >= 4 is 5.91 Å². The van der Waals surface area contributed by atoms with Crippen molar-refractivity contribution < 1.29 is 9.53 Å². The summed E-state index contributed by atoms with van der Waals surface area (Å²) in [5.74, 6) is 1.32. The molecule has 0 saturated carbocycles. The molecule has 1 amide bonds. The van der Waals surface area contributed by atoms with Crippen molar-refractivity contribution in [2.24, 2.45) is 12.5 Å². The molecule has 3 rings (SSSR count). The number of amides is 1. The second-order valence-electron chi connectivity index (χ2n) is 9.18. The predicted octanol–water partition coefficient (Wildman–Crippen LogP) is 3.20. The van der Waals surface area contributed by atoms with Crippen molar-refractivity contribution in [2.45, 2.75) is 52.7 Å². The number of carbonyl (C=O) groups is 1. The molecule has 1 N–H and O–H groups in total. The fourth-order valence-corrected chi connectivity index (χ4v) is 3.79. The molecule has 1 aliphatic heterocycles. The molecule has 1 aliphatic rings. The minimum absolute atomic E-state index is 0.147. The number of likely N-dealkylation sites (tertiary alicyclic amines) is 1. The number of piperidine rings is 1. The van der Waals surface area contributed by atoms with E-state index in [1.807, 2.05) is 32.2 Å². The molecule has 0 unspecified atom stereocenters. The second kappa shape index (κ2) is 8.95. The van der Waals surface area contributed by atoms with Crippen molar-refractivity contribution in [3.05, 3.63) is 42.0 Å². The lowest BCUT2D eigenvalue weighted by Crippen LogP contribution is -2.42. The van der Waals surface area contributed by atoms with Crippen LogP contribution in [-0.2, 0) is 7.05 Å². The monoisotopic (exact) mass is 399 g/mol. The highest BCUT2D eigenvalue weighted by Crippen LogP contribution is 2.23. The highest BCUT2D eigenvalue weighted by Gasteiger charge is 2.24. The van der Waals surface area contributed by atoms with Crippen molar-refractivity contribution in [3.63, 3.8) is 0 Å².